The van der Waals surface area contributed by atoms with Gasteiger partial charge in [-0.15, -0.1) is 10.2 Å². The van der Waals surface area contributed by atoms with E-state index >= 15 is 0 Å². The number of imidazole rings is 1. The Morgan fingerprint density at radius 2 is 1.73 bits per heavy atom. The highest BCUT2D eigenvalue weighted by molar-refractivity contribution is 7.99. The Morgan fingerprint density at radius 1 is 0.933 bits per heavy atom. The number of fused-ring (bicyclic) bond motifs is 1. The van der Waals surface area contributed by atoms with Crippen molar-refractivity contribution < 1.29 is 0 Å². The molecule has 0 unspecified atom stereocenters. The fourth-order valence-corrected chi connectivity index (χ4v) is 4.91. The molecule has 4 aromatic rings. The van der Waals surface area contributed by atoms with Gasteiger partial charge in [-0.05, 0) is 56.6 Å². The fourth-order valence-electron chi connectivity index (χ4n) is 4.00. The van der Waals surface area contributed by atoms with Crippen LogP contribution in [0.15, 0.2) is 59.8 Å². The summed E-state index contributed by atoms with van der Waals surface area (Å²) in [5.41, 5.74) is 3.28. The minimum absolute atomic E-state index is 0.863. The van der Waals surface area contributed by atoms with Crippen LogP contribution < -0.4 is 0 Å². The van der Waals surface area contributed by atoms with Crippen molar-refractivity contribution in [2.45, 2.75) is 37.4 Å². The summed E-state index contributed by atoms with van der Waals surface area (Å²) >= 11 is 1.78. The molecule has 7 heteroatoms. The van der Waals surface area contributed by atoms with Crippen molar-refractivity contribution in [3.63, 3.8) is 0 Å². The zero-order chi connectivity index (χ0) is 20.2. The number of para-hydroxylation sites is 3. The largest absolute Gasteiger partial charge is 0.342 e. The van der Waals surface area contributed by atoms with Crippen LogP contribution >= 0.6 is 11.8 Å². The Hall–Kier alpha value is -2.64. The van der Waals surface area contributed by atoms with E-state index in [-0.39, 0.29) is 0 Å². The Labute approximate surface area is 180 Å². The first kappa shape index (κ1) is 19.3. The molecule has 5 rings (SSSR count). The van der Waals surface area contributed by atoms with Gasteiger partial charge in [0.2, 0.25) is 0 Å². The standard InChI is InChI=1S/C23H26N6S/c1-2-9-18(10-3-1)29-22(17-28-14-6-7-15-28)26-27-23(29)30-16-8-13-21-24-19-11-4-5-12-20(19)25-21/h1-5,9-12H,6-8,13-17H2,(H,24,25). The van der Waals surface area contributed by atoms with Crippen molar-refractivity contribution >= 4 is 22.8 Å². The monoisotopic (exact) mass is 418 g/mol. The molecule has 0 saturated carbocycles. The minimum Gasteiger partial charge on any atom is -0.342 e. The third-order valence-corrected chi connectivity index (χ3v) is 6.52. The Bertz CT molecular complexity index is 1060. The van der Waals surface area contributed by atoms with E-state index < -0.39 is 0 Å². The van der Waals surface area contributed by atoms with Crippen LogP contribution in [0.1, 0.15) is 30.9 Å². The quantitative estimate of drug-likeness (QED) is 0.338. The van der Waals surface area contributed by atoms with Gasteiger partial charge >= 0.3 is 0 Å². The van der Waals surface area contributed by atoms with E-state index in [2.05, 4.69) is 60.0 Å². The Kier molecular flexibility index (Phi) is 5.81. The second-order valence-corrected chi connectivity index (χ2v) is 8.77. The highest BCUT2D eigenvalue weighted by Gasteiger charge is 2.19. The molecule has 154 valence electrons. The lowest BCUT2D eigenvalue weighted by molar-refractivity contribution is 0.319. The highest BCUT2D eigenvalue weighted by atomic mass is 32.2. The molecule has 0 amide bonds. The average molecular weight is 419 g/mol. The minimum atomic E-state index is 0.863. The van der Waals surface area contributed by atoms with E-state index in [1.807, 2.05) is 24.3 Å². The van der Waals surface area contributed by atoms with Gasteiger partial charge in [0.25, 0.3) is 0 Å². The van der Waals surface area contributed by atoms with Gasteiger partial charge in [0.1, 0.15) is 5.82 Å². The third kappa shape index (κ3) is 4.27. The van der Waals surface area contributed by atoms with Gasteiger partial charge in [0.15, 0.2) is 11.0 Å². The lowest BCUT2D eigenvalue weighted by Crippen LogP contribution is -2.21. The van der Waals surface area contributed by atoms with E-state index in [1.165, 1.54) is 12.8 Å². The smallest absolute Gasteiger partial charge is 0.195 e. The molecule has 2 aromatic carbocycles. The zero-order valence-electron chi connectivity index (χ0n) is 17.0. The van der Waals surface area contributed by atoms with Crippen molar-refractivity contribution in [1.29, 1.82) is 0 Å². The molecule has 0 radical (unpaired) electrons. The summed E-state index contributed by atoms with van der Waals surface area (Å²) in [7, 11) is 0. The van der Waals surface area contributed by atoms with Crippen LogP contribution in [0, 0.1) is 0 Å². The predicted octanol–water partition coefficient (Wildman–Crippen LogP) is 4.46. The van der Waals surface area contributed by atoms with Crippen LogP contribution in [0.2, 0.25) is 0 Å². The Morgan fingerprint density at radius 3 is 2.57 bits per heavy atom. The maximum Gasteiger partial charge on any atom is 0.195 e. The van der Waals surface area contributed by atoms with E-state index in [0.717, 1.165) is 71.8 Å². The number of nitrogens with one attached hydrogen (secondary N) is 1. The number of hydrogen-bond acceptors (Lipinski definition) is 5. The summed E-state index contributed by atoms with van der Waals surface area (Å²) in [6.07, 6.45) is 4.53. The number of benzene rings is 2. The van der Waals surface area contributed by atoms with Crippen LogP contribution in [0.4, 0.5) is 0 Å². The molecule has 6 nitrogen and oxygen atoms in total. The van der Waals surface area contributed by atoms with Crippen molar-refractivity contribution in [2.75, 3.05) is 18.8 Å². The number of thioether (sulfide) groups is 1. The van der Waals surface area contributed by atoms with Gasteiger partial charge in [-0.2, -0.15) is 0 Å². The number of rotatable bonds is 8. The molecule has 2 aromatic heterocycles. The van der Waals surface area contributed by atoms with Crippen molar-refractivity contribution in [3.05, 3.63) is 66.2 Å². The van der Waals surface area contributed by atoms with Gasteiger partial charge in [-0.25, -0.2) is 4.98 Å². The summed E-state index contributed by atoms with van der Waals surface area (Å²) in [6, 6.07) is 18.7. The van der Waals surface area contributed by atoms with Crippen LogP contribution in [0.25, 0.3) is 16.7 Å². The number of H-pyrrole nitrogens is 1. The van der Waals surface area contributed by atoms with Crippen molar-refractivity contribution in [3.8, 4) is 5.69 Å². The molecule has 30 heavy (non-hydrogen) atoms. The number of aromatic amines is 1. The molecular formula is C23H26N6S. The van der Waals surface area contributed by atoms with E-state index in [4.69, 9.17) is 0 Å². The third-order valence-electron chi connectivity index (χ3n) is 5.51. The van der Waals surface area contributed by atoms with Crippen LogP contribution in [-0.4, -0.2) is 48.5 Å². The lowest BCUT2D eigenvalue weighted by atomic mass is 10.3. The van der Waals surface area contributed by atoms with Crippen molar-refractivity contribution in [2.24, 2.45) is 0 Å². The lowest BCUT2D eigenvalue weighted by Gasteiger charge is -2.15. The molecule has 0 spiro atoms. The maximum absolute atomic E-state index is 4.68. The molecule has 1 aliphatic heterocycles. The average Bonchev–Trinajstić information content (AvgIpc) is 3.52. The van der Waals surface area contributed by atoms with Gasteiger partial charge < -0.3 is 4.98 Å². The predicted molar refractivity (Wildman–Crippen MR) is 121 cm³/mol. The zero-order valence-corrected chi connectivity index (χ0v) is 17.8. The molecule has 1 fully saturated rings. The first-order valence-electron chi connectivity index (χ1n) is 10.7. The number of hydrogen-bond donors (Lipinski definition) is 1. The van der Waals surface area contributed by atoms with Crippen LogP contribution in [0.3, 0.4) is 0 Å². The second-order valence-electron chi connectivity index (χ2n) is 7.71. The molecule has 1 saturated heterocycles. The molecule has 1 N–H and O–H groups in total. The van der Waals surface area contributed by atoms with Gasteiger partial charge in [0.05, 0.1) is 17.6 Å². The van der Waals surface area contributed by atoms with Gasteiger partial charge in [-0.3, -0.25) is 9.47 Å². The van der Waals surface area contributed by atoms with Crippen LogP contribution in [-0.2, 0) is 13.0 Å². The number of likely N-dealkylation sites (tertiary alicyclic amines) is 1. The number of nitrogens with zero attached hydrogens (tertiary/aromatic N) is 5. The molecule has 0 atom stereocenters. The van der Waals surface area contributed by atoms with Gasteiger partial charge in [0, 0.05) is 17.9 Å². The summed E-state index contributed by atoms with van der Waals surface area (Å²) in [5, 5.41) is 10.1. The maximum atomic E-state index is 4.68. The van der Waals surface area contributed by atoms with E-state index in [0.29, 0.717) is 0 Å². The molecule has 0 bridgehead atoms. The van der Waals surface area contributed by atoms with Gasteiger partial charge in [-0.1, -0.05) is 42.1 Å². The highest BCUT2D eigenvalue weighted by Crippen LogP contribution is 2.24. The summed E-state index contributed by atoms with van der Waals surface area (Å²) in [6.45, 7) is 3.17. The first-order chi connectivity index (χ1) is 14.9. The summed E-state index contributed by atoms with van der Waals surface area (Å²) in [4.78, 5) is 10.6. The SMILES string of the molecule is c1ccc(-n2c(CN3CCCC3)nnc2SCCCc2nc3ccccc3[nH]2)cc1. The fraction of sp³-hybridized carbons (Fsp3) is 0.348. The summed E-state index contributed by atoms with van der Waals surface area (Å²) < 4.78 is 2.23. The van der Waals surface area contributed by atoms with E-state index in [1.54, 1.807) is 11.8 Å². The normalized spacial score (nSPS) is 14.7. The molecule has 1 aliphatic rings. The van der Waals surface area contributed by atoms with Crippen molar-refractivity contribution in [1.82, 2.24) is 29.6 Å². The second kappa shape index (κ2) is 9.02. The molecule has 3 heterocycles. The van der Waals surface area contributed by atoms with E-state index in [9.17, 15) is 0 Å². The summed E-state index contributed by atoms with van der Waals surface area (Å²) in [5.74, 6) is 3.06. The Balaban J connectivity index is 1.27. The molecular weight excluding hydrogens is 392 g/mol. The van der Waals surface area contributed by atoms with Crippen LogP contribution in [0.5, 0.6) is 0 Å². The molecule has 0 aliphatic carbocycles. The number of aromatic nitrogens is 5. The topological polar surface area (TPSA) is 62.6 Å². The number of aryl methyl sites for hydroxylation is 1. The first-order valence-corrected chi connectivity index (χ1v) is 11.6.